The summed E-state index contributed by atoms with van der Waals surface area (Å²) >= 11 is 0. The summed E-state index contributed by atoms with van der Waals surface area (Å²) in [4.78, 5) is 0. The first-order valence-electron chi connectivity index (χ1n) is 6.08. The Bertz CT molecular complexity index is 372. The molecule has 0 spiro atoms. The van der Waals surface area contributed by atoms with Crippen LogP contribution in [-0.4, -0.2) is 12.8 Å². The lowest BCUT2D eigenvalue weighted by molar-refractivity contribution is 0.174. The monoisotopic (exact) mass is 219 g/mol. The largest absolute Gasteiger partial charge is 0.454 e. The lowest BCUT2D eigenvalue weighted by Gasteiger charge is -2.23. The van der Waals surface area contributed by atoms with Crippen molar-refractivity contribution in [1.29, 1.82) is 0 Å². The lowest BCUT2D eigenvalue weighted by atomic mass is 9.95. The smallest absolute Gasteiger partial charge is 0.231 e. The minimum atomic E-state index is 0.349. The summed E-state index contributed by atoms with van der Waals surface area (Å²) in [6.07, 6.45) is 6.66. The van der Waals surface area contributed by atoms with E-state index in [4.69, 9.17) is 9.47 Å². The van der Waals surface area contributed by atoms with E-state index >= 15 is 0 Å². The Morgan fingerprint density at radius 3 is 2.69 bits per heavy atom. The maximum atomic E-state index is 5.37. The molecular weight excluding hydrogens is 202 g/mol. The van der Waals surface area contributed by atoms with Crippen molar-refractivity contribution in [3.63, 3.8) is 0 Å². The van der Waals surface area contributed by atoms with Crippen LogP contribution >= 0.6 is 0 Å². The van der Waals surface area contributed by atoms with Gasteiger partial charge in [-0.15, -0.1) is 0 Å². The number of ether oxygens (including phenoxy) is 2. The Morgan fingerprint density at radius 1 is 1.00 bits per heavy atom. The predicted molar refractivity (Wildman–Crippen MR) is 63.1 cm³/mol. The molecule has 0 aromatic heterocycles. The van der Waals surface area contributed by atoms with E-state index in [0.717, 1.165) is 17.2 Å². The highest BCUT2D eigenvalue weighted by molar-refractivity contribution is 5.56. The first kappa shape index (κ1) is 9.82. The summed E-state index contributed by atoms with van der Waals surface area (Å²) in [7, 11) is 0. The summed E-state index contributed by atoms with van der Waals surface area (Å²) in [6, 6.07) is 6.72. The van der Waals surface area contributed by atoms with E-state index in [0.29, 0.717) is 12.8 Å². The van der Waals surface area contributed by atoms with Gasteiger partial charge < -0.3 is 14.8 Å². The highest BCUT2D eigenvalue weighted by Gasteiger charge is 2.16. The molecule has 3 heteroatoms. The molecule has 0 atom stereocenters. The van der Waals surface area contributed by atoms with Crippen LogP contribution in [0.3, 0.4) is 0 Å². The number of benzene rings is 1. The first-order valence-corrected chi connectivity index (χ1v) is 6.08. The third-order valence-electron chi connectivity index (χ3n) is 3.35. The highest BCUT2D eigenvalue weighted by Crippen LogP contribution is 2.35. The summed E-state index contributed by atoms with van der Waals surface area (Å²) in [5.74, 6) is 1.72. The molecule has 86 valence electrons. The van der Waals surface area contributed by atoms with Gasteiger partial charge in [0, 0.05) is 17.8 Å². The molecule has 0 bridgehead atoms. The lowest BCUT2D eigenvalue weighted by Crippen LogP contribution is -2.22. The molecule has 16 heavy (non-hydrogen) atoms. The van der Waals surface area contributed by atoms with E-state index in [2.05, 4.69) is 11.4 Å². The summed E-state index contributed by atoms with van der Waals surface area (Å²) in [6.45, 7) is 0.349. The van der Waals surface area contributed by atoms with Gasteiger partial charge in [-0.05, 0) is 25.0 Å². The van der Waals surface area contributed by atoms with Gasteiger partial charge in [-0.3, -0.25) is 0 Å². The fourth-order valence-electron chi connectivity index (χ4n) is 2.47. The molecule has 1 aromatic rings. The highest BCUT2D eigenvalue weighted by atomic mass is 16.7. The zero-order chi connectivity index (χ0) is 10.8. The van der Waals surface area contributed by atoms with Crippen molar-refractivity contribution >= 4 is 5.69 Å². The molecule has 0 saturated heterocycles. The zero-order valence-electron chi connectivity index (χ0n) is 9.37. The van der Waals surface area contributed by atoms with E-state index in [9.17, 15) is 0 Å². The van der Waals surface area contributed by atoms with E-state index in [1.807, 2.05) is 12.1 Å². The van der Waals surface area contributed by atoms with Crippen LogP contribution in [0.2, 0.25) is 0 Å². The SMILES string of the molecule is c1cc2c(cc1NC1CCCCC1)OCO2. The molecule has 1 N–H and O–H groups in total. The number of anilines is 1. The molecule has 1 aliphatic carbocycles. The number of nitrogens with one attached hydrogen (secondary N) is 1. The average Bonchev–Trinajstić information content (AvgIpc) is 2.77. The van der Waals surface area contributed by atoms with Gasteiger partial charge in [-0.1, -0.05) is 19.3 Å². The van der Waals surface area contributed by atoms with Gasteiger partial charge in [-0.25, -0.2) is 0 Å². The van der Waals surface area contributed by atoms with E-state index < -0.39 is 0 Å². The van der Waals surface area contributed by atoms with Crippen LogP contribution < -0.4 is 14.8 Å². The van der Waals surface area contributed by atoms with Crippen LogP contribution in [0.15, 0.2) is 18.2 Å². The third-order valence-corrected chi connectivity index (χ3v) is 3.35. The number of fused-ring (bicyclic) bond motifs is 1. The molecule has 0 unspecified atom stereocenters. The minimum absolute atomic E-state index is 0.349. The van der Waals surface area contributed by atoms with Crippen LogP contribution in [0, 0.1) is 0 Å². The number of rotatable bonds is 2. The van der Waals surface area contributed by atoms with E-state index in [1.54, 1.807) is 0 Å². The second kappa shape index (κ2) is 4.24. The van der Waals surface area contributed by atoms with Crippen molar-refractivity contribution in [3.05, 3.63) is 18.2 Å². The third kappa shape index (κ3) is 1.94. The summed E-state index contributed by atoms with van der Waals surface area (Å²) < 4.78 is 10.7. The molecule has 1 heterocycles. The maximum absolute atomic E-state index is 5.37. The number of hydrogen-bond acceptors (Lipinski definition) is 3. The minimum Gasteiger partial charge on any atom is -0.454 e. The molecule has 3 rings (SSSR count). The van der Waals surface area contributed by atoms with E-state index in [1.165, 1.54) is 32.1 Å². The van der Waals surface area contributed by atoms with Crippen molar-refractivity contribution in [2.45, 2.75) is 38.1 Å². The van der Waals surface area contributed by atoms with E-state index in [-0.39, 0.29) is 0 Å². The van der Waals surface area contributed by atoms with Crippen LogP contribution in [0.1, 0.15) is 32.1 Å². The summed E-state index contributed by atoms with van der Waals surface area (Å²) in [5, 5.41) is 3.58. The molecule has 1 fully saturated rings. The van der Waals surface area contributed by atoms with Crippen LogP contribution in [0.4, 0.5) is 5.69 Å². The Labute approximate surface area is 95.8 Å². The Balaban J connectivity index is 1.69. The normalized spacial score (nSPS) is 19.8. The van der Waals surface area contributed by atoms with Crippen molar-refractivity contribution in [2.24, 2.45) is 0 Å². The second-order valence-electron chi connectivity index (χ2n) is 4.55. The van der Waals surface area contributed by atoms with Gasteiger partial charge >= 0.3 is 0 Å². The molecule has 1 aromatic carbocycles. The van der Waals surface area contributed by atoms with Crippen molar-refractivity contribution in [3.8, 4) is 11.5 Å². The van der Waals surface area contributed by atoms with Crippen molar-refractivity contribution in [1.82, 2.24) is 0 Å². The first-order chi connectivity index (χ1) is 7.92. The standard InChI is InChI=1S/C13H17NO2/c1-2-4-10(5-3-1)14-11-6-7-12-13(8-11)16-9-15-12/h6-8,10,14H,1-5,9H2. The van der Waals surface area contributed by atoms with Gasteiger partial charge in [0.2, 0.25) is 6.79 Å². The topological polar surface area (TPSA) is 30.5 Å². The van der Waals surface area contributed by atoms with Crippen LogP contribution in [-0.2, 0) is 0 Å². The fraction of sp³-hybridized carbons (Fsp3) is 0.538. The maximum Gasteiger partial charge on any atom is 0.231 e. The number of hydrogen-bond donors (Lipinski definition) is 1. The molecule has 3 nitrogen and oxygen atoms in total. The molecular formula is C13H17NO2. The van der Waals surface area contributed by atoms with Crippen molar-refractivity contribution < 1.29 is 9.47 Å². The molecule has 1 aliphatic heterocycles. The second-order valence-corrected chi connectivity index (χ2v) is 4.55. The van der Waals surface area contributed by atoms with Gasteiger partial charge in [-0.2, -0.15) is 0 Å². The molecule has 1 saturated carbocycles. The van der Waals surface area contributed by atoms with Crippen LogP contribution in [0.25, 0.3) is 0 Å². The summed E-state index contributed by atoms with van der Waals surface area (Å²) in [5.41, 5.74) is 1.15. The fourth-order valence-corrected chi connectivity index (χ4v) is 2.47. The average molecular weight is 219 g/mol. The Hall–Kier alpha value is -1.38. The molecule has 0 amide bonds. The Morgan fingerprint density at radius 2 is 1.81 bits per heavy atom. The quantitative estimate of drug-likeness (QED) is 0.828. The van der Waals surface area contributed by atoms with Crippen molar-refractivity contribution in [2.75, 3.05) is 12.1 Å². The van der Waals surface area contributed by atoms with Gasteiger partial charge in [0.1, 0.15) is 0 Å². The predicted octanol–water partition coefficient (Wildman–Crippen LogP) is 3.16. The Kier molecular flexibility index (Phi) is 2.60. The van der Waals surface area contributed by atoms with Gasteiger partial charge in [0.15, 0.2) is 11.5 Å². The van der Waals surface area contributed by atoms with Gasteiger partial charge in [0.25, 0.3) is 0 Å². The molecule has 2 aliphatic rings. The molecule has 0 radical (unpaired) electrons. The zero-order valence-corrected chi connectivity index (χ0v) is 9.37. The van der Waals surface area contributed by atoms with Gasteiger partial charge in [0.05, 0.1) is 0 Å². The van der Waals surface area contributed by atoms with Crippen LogP contribution in [0.5, 0.6) is 11.5 Å².